The number of hydrogen-bond donors (Lipinski definition) is 3. The number of nitrogens with one attached hydrogen (secondary N) is 2. The molecule has 0 aromatic carbocycles. The molecule has 0 saturated carbocycles. The third kappa shape index (κ3) is 1.93. The Hall–Kier alpha value is -0.130. The van der Waals surface area contributed by atoms with E-state index >= 15 is 0 Å². The second kappa shape index (κ2) is 2.48. The predicted octanol–water partition coefficient (Wildman–Crippen LogP) is 0.0486. The minimum Gasteiger partial charge on any atom is -0.480 e. The molecule has 1 atom stereocenters. The van der Waals surface area contributed by atoms with E-state index in [4.69, 9.17) is 5.11 Å². The standard InChI is InChI=1S/C5H9BrN2O2/c1-5(7-8-5)2-3(6)4(9)10/h3,7-8H,2H2,1H3,(H,9,10). The number of carboxylic acids is 1. The van der Waals surface area contributed by atoms with Crippen LogP contribution in [0.3, 0.4) is 0 Å². The summed E-state index contributed by atoms with van der Waals surface area (Å²) >= 11 is 3.04. The van der Waals surface area contributed by atoms with Crippen molar-refractivity contribution < 1.29 is 9.90 Å². The maximum atomic E-state index is 10.3. The normalized spacial score (nSPS) is 23.8. The Morgan fingerprint density at radius 1 is 1.80 bits per heavy atom. The van der Waals surface area contributed by atoms with Crippen molar-refractivity contribution in [3.63, 3.8) is 0 Å². The van der Waals surface area contributed by atoms with Crippen LogP contribution in [0, 0.1) is 0 Å². The van der Waals surface area contributed by atoms with Crippen LogP contribution in [0.15, 0.2) is 0 Å². The van der Waals surface area contributed by atoms with Crippen LogP contribution >= 0.6 is 15.9 Å². The van der Waals surface area contributed by atoms with E-state index in [1.165, 1.54) is 0 Å². The highest BCUT2D eigenvalue weighted by Crippen LogP contribution is 2.20. The van der Waals surface area contributed by atoms with Crippen molar-refractivity contribution in [3.8, 4) is 0 Å². The number of carbonyl (C=O) groups is 1. The van der Waals surface area contributed by atoms with Crippen LogP contribution in [-0.4, -0.2) is 21.6 Å². The summed E-state index contributed by atoms with van der Waals surface area (Å²) in [5.41, 5.74) is 5.53. The predicted molar refractivity (Wildman–Crippen MR) is 39.6 cm³/mol. The number of aliphatic carboxylic acids is 1. The highest BCUT2D eigenvalue weighted by molar-refractivity contribution is 9.10. The molecule has 1 unspecified atom stereocenters. The van der Waals surface area contributed by atoms with Gasteiger partial charge in [0, 0.05) is 6.42 Å². The molecule has 0 radical (unpaired) electrons. The van der Waals surface area contributed by atoms with Crippen molar-refractivity contribution in [1.82, 2.24) is 10.9 Å². The third-order valence-electron chi connectivity index (χ3n) is 1.41. The number of halogens is 1. The lowest BCUT2D eigenvalue weighted by molar-refractivity contribution is -0.136. The molecule has 0 spiro atoms. The van der Waals surface area contributed by atoms with Gasteiger partial charge in [0.15, 0.2) is 0 Å². The van der Waals surface area contributed by atoms with Gasteiger partial charge in [-0.05, 0) is 6.92 Å². The molecule has 1 aliphatic rings. The van der Waals surface area contributed by atoms with Crippen molar-refractivity contribution in [2.24, 2.45) is 0 Å². The maximum absolute atomic E-state index is 10.3. The molecule has 58 valence electrons. The molecule has 1 fully saturated rings. The lowest BCUT2D eigenvalue weighted by Crippen LogP contribution is -2.23. The van der Waals surface area contributed by atoms with E-state index in [0.29, 0.717) is 6.42 Å². The Morgan fingerprint density at radius 2 is 2.30 bits per heavy atom. The summed E-state index contributed by atoms with van der Waals surface area (Å²) in [6, 6.07) is 0. The van der Waals surface area contributed by atoms with Crippen LogP contribution in [0.2, 0.25) is 0 Å². The summed E-state index contributed by atoms with van der Waals surface area (Å²) in [5.74, 6) is -0.822. The fraction of sp³-hybridized carbons (Fsp3) is 0.800. The summed E-state index contributed by atoms with van der Waals surface area (Å²) in [5, 5.41) is 8.47. The number of alkyl halides is 1. The molecule has 3 N–H and O–H groups in total. The lowest BCUT2D eigenvalue weighted by Gasteiger charge is -2.06. The molecular weight excluding hydrogens is 200 g/mol. The largest absolute Gasteiger partial charge is 0.480 e. The van der Waals surface area contributed by atoms with Gasteiger partial charge in [-0.25, -0.2) is 10.9 Å². The van der Waals surface area contributed by atoms with Crippen molar-refractivity contribution in [1.29, 1.82) is 0 Å². The SMILES string of the molecule is CC1(CC(Br)C(=O)O)NN1. The van der Waals surface area contributed by atoms with Crippen LogP contribution in [0.5, 0.6) is 0 Å². The van der Waals surface area contributed by atoms with Crippen LogP contribution in [0.4, 0.5) is 0 Å². The molecule has 0 amide bonds. The van der Waals surface area contributed by atoms with E-state index in [0.717, 1.165) is 0 Å². The zero-order chi connectivity index (χ0) is 7.78. The number of rotatable bonds is 3. The van der Waals surface area contributed by atoms with Crippen molar-refractivity contribution in [2.75, 3.05) is 0 Å². The monoisotopic (exact) mass is 208 g/mol. The van der Waals surface area contributed by atoms with Gasteiger partial charge < -0.3 is 5.11 Å². The van der Waals surface area contributed by atoms with Crippen molar-refractivity contribution in [3.05, 3.63) is 0 Å². The van der Waals surface area contributed by atoms with Crippen LogP contribution in [0.25, 0.3) is 0 Å². The molecule has 5 heteroatoms. The Bertz CT molecular complexity index is 158. The molecule has 4 nitrogen and oxygen atoms in total. The van der Waals surface area contributed by atoms with Crippen LogP contribution in [-0.2, 0) is 4.79 Å². The highest BCUT2D eigenvalue weighted by atomic mass is 79.9. The summed E-state index contributed by atoms with van der Waals surface area (Å²) < 4.78 is 0. The molecule has 0 aromatic rings. The van der Waals surface area contributed by atoms with Gasteiger partial charge in [0.05, 0.1) is 5.66 Å². The number of hydrogen-bond acceptors (Lipinski definition) is 3. The molecule has 10 heavy (non-hydrogen) atoms. The van der Waals surface area contributed by atoms with Gasteiger partial charge in [0.2, 0.25) is 0 Å². The van der Waals surface area contributed by atoms with E-state index in [9.17, 15) is 4.79 Å². The first-order chi connectivity index (χ1) is 4.53. The van der Waals surface area contributed by atoms with E-state index in [1.54, 1.807) is 0 Å². The first kappa shape index (κ1) is 7.97. The zero-order valence-corrected chi connectivity index (χ0v) is 7.10. The summed E-state index contributed by atoms with van der Waals surface area (Å²) in [6.07, 6.45) is 0.544. The smallest absolute Gasteiger partial charge is 0.317 e. The van der Waals surface area contributed by atoms with E-state index in [2.05, 4.69) is 26.8 Å². The van der Waals surface area contributed by atoms with Gasteiger partial charge in [-0.2, -0.15) is 0 Å². The first-order valence-electron chi connectivity index (χ1n) is 2.95. The van der Waals surface area contributed by atoms with E-state index < -0.39 is 10.8 Å². The van der Waals surface area contributed by atoms with E-state index in [1.807, 2.05) is 6.92 Å². The molecule has 1 rings (SSSR count). The summed E-state index contributed by atoms with van der Waals surface area (Å²) in [4.78, 5) is 9.83. The maximum Gasteiger partial charge on any atom is 0.317 e. The molecule has 0 aromatic heterocycles. The molecule has 0 bridgehead atoms. The fourth-order valence-electron chi connectivity index (χ4n) is 0.654. The molecule has 0 aliphatic carbocycles. The average Bonchev–Trinajstić information content (AvgIpc) is 2.47. The average molecular weight is 209 g/mol. The summed E-state index contributed by atoms with van der Waals surface area (Å²) in [6.45, 7) is 1.91. The highest BCUT2D eigenvalue weighted by Gasteiger charge is 2.39. The second-order valence-corrected chi connectivity index (χ2v) is 3.70. The summed E-state index contributed by atoms with van der Waals surface area (Å²) in [7, 11) is 0. The minimum atomic E-state index is -0.822. The first-order valence-corrected chi connectivity index (χ1v) is 3.86. The van der Waals surface area contributed by atoms with Crippen LogP contribution in [0.1, 0.15) is 13.3 Å². The van der Waals surface area contributed by atoms with Gasteiger partial charge in [-0.3, -0.25) is 4.79 Å². The lowest BCUT2D eigenvalue weighted by atomic mass is 10.1. The van der Waals surface area contributed by atoms with Gasteiger partial charge in [-0.15, -0.1) is 0 Å². The third-order valence-corrected chi connectivity index (χ3v) is 2.12. The van der Waals surface area contributed by atoms with Crippen molar-refractivity contribution in [2.45, 2.75) is 23.8 Å². The Kier molecular flexibility index (Phi) is 1.98. The van der Waals surface area contributed by atoms with Gasteiger partial charge in [-0.1, -0.05) is 15.9 Å². The molecule has 1 saturated heterocycles. The van der Waals surface area contributed by atoms with Crippen LogP contribution < -0.4 is 10.9 Å². The Balaban J connectivity index is 2.31. The van der Waals surface area contributed by atoms with E-state index in [-0.39, 0.29) is 5.66 Å². The minimum absolute atomic E-state index is 0.174. The van der Waals surface area contributed by atoms with Gasteiger partial charge in [0.25, 0.3) is 0 Å². The van der Waals surface area contributed by atoms with Gasteiger partial charge >= 0.3 is 5.97 Å². The van der Waals surface area contributed by atoms with Gasteiger partial charge in [0.1, 0.15) is 4.83 Å². The fourth-order valence-corrected chi connectivity index (χ4v) is 1.30. The quantitative estimate of drug-likeness (QED) is 0.453. The molecular formula is C5H9BrN2O2. The van der Waals surface area contributed by atoms with Crippen molar-refractivity contribution >= 4 is 21.9 Å². The molecule has 1 heterocycles. The Labute approximate surface area is 67.1 Å². The topological polar surface area (TPSA) is 81.2 Å². The number of carboxylic acid groups (broad SMARTS) is 1. The second-order valence-electron chi connectivity index (χ2n) is 2.59. The zero-order valence-electron chi connectivity index (χ0n) is 5.52. The Morgan fingerprint density at radius 3 is 2.60 bits per heavy atom. The molecule has 1 aliphatic heterocycles. The number of hydrazine groups is 1.